The zero-order valence-electron chi connectivity index (χ0n) is 7.68. The molecule has 0 spiro atoms. The lowest BCUT2D eigenvalue weighted by molar-refractivity contribution is 0.512. The minimum Gasteiger partial charge on any atom is -0.191 e. The highest BCUT2D eigenvalue weighted by atomic mass is 15.1. The Hall–Kier alpha value is -0.400. The van der Waals surface area contributed by atoms with E-state index in [1.165, 1.54) is 0 Å². The van der Waals surface area contributed by atoms with Crippen LogP contribution in [0, 0.1) is 0 Å². The Balaban J connectivity index is 3.75. The van der Waals surface area contributed by atoms with Crippen LogP contribution < -0.4 is 0 Å². The van der Waals surface area contributed by atoms with Gasteiger partial charge in [-0.15, -0.1) is 0 Å². The molecule has 0 aliphatic carbocycles. The summed E-state index contributed by atoms with van der Waals surface area (Å²) in [5, 5.41) is 8.29. The van der Waals surface area contributed by atoms with Crippen LogP contribution in [0.2, 0.25) is 0 Å². The van der Waals surface area contributed by atoms with E-state index in [1.807, 2.05) is 0 Å². The number of hydrogen-bond acceptors (Lipinski definition) is 2. The lowest BCUT2D eigenvalue weighted by atomic mass is 10.1. The van der Waals surface area contributed by atoms with Gasteiger partial charge in [-0.2, -0.15) is 10.2 Å². The Morgan fingerprint density at radius 2 is 1.80 bits per heavy atom. The molecule has 0 N–H and O–H groups in total. The van der Waals surface area contributed by atoms with Crippen LogP contribution in [0.25, 0.3) is 0 Å². The van der Waals surface area contributed by atoms with Gasteiger partial charge in [0.2, 0.25) is 0 Å². The predicted octanol–water partition coefficient (Wildman–Crippen LogP) is 3.04. The van der Waals surface area contributed by atoms with Gasteiger partial charge in [0.25, 0.3) is 0 Å². The average Bonchev–Trinajstić information content (AvgIpc) is 1.81. The van der Waals surface area contributed by atoms with Crippen molar-refractivity contribution in [1.29, 1.82) is 0 Å². The second kappa shape index (κ2) is 3.69. The molecule has 0 aromatic heterocycles. The van der Waals surface area contributed by atoms with Crippen molar-refractivity contribution < 1.29 is 0 Å². The van der Waals surface area contributed by atoms with Gasteiger partial charge in [0.1, 0.15) is 0 Å². The van der Waals surface area contributed by atoms with Crippen LogP contribution >= 0.6 is 0 Å². The maximum atomic E-state index is 4.15. The molecule has 0 heterocycles. The van der Waals surface area contributed by atoms with Crippen molar-refractivity contribution in [2.75, 3.05) is 0 Å². The highest BCUT2D eigenvalue weighted by Gasteiger charge is 2.06. The van der Waals surface area contributed by atoms with Gasteiger partial charge >= 0.3 is 0 Å². The van der Waals surface area contributed by atoms with E-state index in [2.05, 4.69) is 44.8 Å². The summed E-state index contributed by atoms with van der Waals surface area (Å²) in [4.78, 5) is 0. The molecule has 1 atom stereocenters. The van der Waals surface area contributed by atoms with E-state index < -0.39 is 0 Å². The lowest BCUT2D eigenvalue weighted by Crippen LogP contribution is -2.09. The van der Waals surface area contributed by atoms with E-state index in [-0.39, 0.29) is 5.54 Å². The molecule has 0 fully saturated rings. The number of rotatable bonds is 2. The molecular formula is C8H18N2. The van der Waals surface area contributed by atoms with Crippen molar-refractivity contribution in [2.24, 2.45) is 10.2 Å². The van der Waals surface area contributed by atoms with E-state index in [4.69, 9.17) is 0 Å². The minimum absolute atomic E-state index is 0.0105. The Kier molecular flexibility index (Phi) is 3.54. The summed E-state index contributed by atoms with van der Waals surface area (Å²) < 4.78 is 0. The highest BCUT2D eigenvalue weighted by molar-refractivity contribution is 4.68. The molecule has 1 unspecified atom stereocenters. The van der Waals surface area contributed by atoms with Crippen molar-refractivity contribution in [3.63, 3.8) is 0 Å². The third kappa shape index (κ3) is 5.73. The number of azo groups is 1. The predicted molar refractivity (Wildman–Crippen MR) is 44.4 cm³/mol. The molecule has 0 bridgehead atoms. The highest BCUT2D eigenvalue weighted by Crippen LogP contribution is 2.08. The third-order valence-electron chi connectivity index (χ3n) is 1.15. The summed E-state index contributed by atoms with van der Waals surface area (Å²) in [6.07, 6.45) is 1.07. The second-order valence-electron chi connectivity index (χ2n) is 3.64. The summed E-state index contributed by atoms with van der Waals surface area (Å²) in [7, 11) is 0. The normalized spacial score (nSPS) is 16.1. The van der Waals surface area contributed by atoms with Crippen LogP contribution in [0.1, 0.15) is 41.0 Å². The first-order valence-electron chi connectivity index (χ1n) is 3.87. The van der Waals surface area contributed by atoms with Crippen molar-refractivity contribution in [2.45, 2.75) is 52.6 Å². The molecule has 0 amide bonds. The third-order valence-corrected chi connectivity index (χ3v) is 1.15. The molecule has 2 heteroatoms. The second-order valence-corrected chi connectivity index (χ2v) is 3.64. The van der Waals surface area contributed by atoms with Gasteiger partial charge in [0.15, 0.2) is 0 Å². The number of nitrogens with zero attached hydrogens (tertiary/aromatic N) is 2. The molecule has 0 rings (SSSR count). The molecule has 0 radical (unpaired) electrons. The quantitative estimate of drug-likeness (QED) is 0.529. The molecular weight excluding hydrogens is 124 g/mol. The molecule has 0 aliphatic heterocycles. The van der Waals surface area contributed by atoms with E-state index in [1.54, 1.807) is 0 Å². The smallest absolute Gasteiger partial charge is 0.0732 e. The summed E-state index contributed by atoms with van der Waals surface area (Å²) in [6.45, 7) is 10.4. The molecule has 0 saturated heterocycles. The van der Waals surface area contributed by atoms with Crippen LogP contribution in [0.5, 0.6) is 0 Å². The molecule has 60 valence electrons. The molecule has 0 aromatic carbocycles. The summed E-state index contributed by atoms with van der Waals surface area (Å²) in [5.74, 6) is 0. The van der Waals surface area contributed by atoms with Crippen molar-refractivity contribution in [3.05, 3.63) is 0 Å². The molecule has 0 saturated carbocycles. The standard InChI is InChI=1S/C8H18N2/c1-6-7(2)9-10-8(3,4)5/h7H,6H2,1-5H3. The Morgan fingerprint density at radius 3 is 2.10 bits per heavy atom. The maximum Gasteiger partial charge on any atom is 0.0732 e. The van der Waals surface area contributed by atoms with Crippen molar-refractivity contribution >= 4 is 0 Å². The summed E-state index contributed by atoms with van der Waals surface area (Å²) >= 11 is 0. The van der Waals surface area contributed by atoms with Gasteiger partial charge in [-0.05, 0) is 34.1 Å². The van der Waals surface area contributed by atoms with Gasteiger partial charge in [-0.3, -0.25) is 0 Å². The van der Waals surface area contributed by atoms with Gasteiger partial charge in [0.05, 0.1) is 11.6 Å². The molecule has 10 heavy (non-hydrogen) atoms. The first-order chi connectivity index (χ1) is 4.45. The van der Waals surface area contributed by atoms with Gasteiger partial charge in [-0.25, -0.2) is 0 Å². The lowest BCUT2D eigenvalue weighted by Gasteiger charge is -2.10. The fourth-order valence-electron chi connectivity index (χ4n) is 0.353. The van der Waals surface area contributed by atoms with Crippen molar-refractivity contribution in [1.82, 2.24) is 0 Å². The Labute approximate surface area is 63.7 Å². The van der Waals surface area contributed by atoms with Crippen molar-refractivity contribution in [3.8, 4) is 0 Å². The van der Waals surface area contributed by atoms with E-state index in [9.17, 15) is 0 Å². The number of hydrogen-bond donors (Lipinski definition) is 0. The first kappa shape index (κ1) is 9.60. The largest absolute Gasteiger partial charge is 0.191 e. The van der Waals surface area contributed by atoms with Crippen LogP contribution in [-0.4, -0.2) is 11.6 Å². The fraction of sp³-hybridized carbons (Fsp3) is 1.00. The molecule has 2 nitrogen and oxygen atoms in total. The fourth-order valence-corrected chi connectivity index (χ4v) is 0.353. The topological polar surface area (TPSA) is 24.7 Å². The van der Waals surface area contributed by atoms with Gasteiger partial charge in [-0.1, -0.05) is 6.92 Å². The SMILES string of the molecule is CCC(C)N=NC(C)(C)C. The van der Waals surface area contributed by atoms with Gasteiger partial charge < -0.3 is 0 Å². The van der Waals surface area contributed by atoms with Crippen LogP contribution in [0.15, 0.2) is 10.2 Å². The average molecular weight is 142 g/mol. The summed E-state index contributed by atoms with van der Waals surface area (Å²) in [5.41, 5.74) is -0.0105. The zero-order valence-corrected chi connectivity index (χ0v) is 7.68. The van der Waals surface area contributed by atoms with E-state index >= 15 is 0 Å². The van der Waals surface area contributed by atoms with Crippen LogP contribution in [-0.2, 0) is 0 Å². The first-order valence-corrected chi connectivity index (χ1v) is 3.87. The monoisotopic (exact) mass is 142 g/mol. The van der Waals surface area contributed by atoms with Crippen LogP contribution in [0.4, 0.5) is 0 Å². The van der Waals surface area contributed by atoms with Crippen LogP contribution in [0.3, 0.4) is 0 Å². The molecule has 0 aliphatic rings. The Morgan fingerprint density at radius 1 is 1.30 bits per heavy atom. The molecule has 0 aromatic rings. The minimum atomic E-state index is -0.0105. The summed E-state index contributed by atoms with van der Waals surface area (Å²) in [6, 6.07) is 0.374. The van der Waals surface area contributed by atoms with Gasteiger partial charge in [0, 0.05) is 0 Å². The maximum absolute atomic E-state index is 4.15. The Bertz CT molecular complexity index is 111. The zero-order chi connectivity index (χ0) is 8.20. The van der Waals surface area contributed by atoms with E-state index in [0.29, 0.717) is 6.04 Å². The van der Waals surface area contributed by atoms with E-state index in [0.717, 1.165) is 6.42 Å².